The number of likely N-dealkylation sites (N-methyl/N-ethyl adjacent to an activating group) is 1. The van der Waals surface area contributed by atoms with Gasteiger partial charge in [-0.1, -0.05) is 12.1 Å². The Morgan fingerprint density at radius 2 is 1.74 bits per heavy atom. The second-order valence-corrected chi connectivity index (χ2v) is 7.82. The molecule has 1 aliphatic heterocycles. The number of benzene rings is 1. The van der Waals surface area contributed by atoms with Gasteiger partial charge in [0.1, 0.15) is 5.82 Å². The molecule has 1 aromatic rings. The maximum absolute atomic E-state index is 12.9. The van der Waals surface area contributed by atoms with Crippen molar-refractivity contribution in [3.8, 4) is 0 Å². The minimum atomic E-state index is -3.54. The number of halogens is 1. The molecule has 1 amide bonds. The van der Waals surface area contributed by atoms with Gasteiger partial charge < -0.3 is 9.80 Å². The third-order valence-electron chi connectivity index (χ3n) is 3.91. The molecule has 6 nitrogen and oxygen atoms in total. The number of carbonyl (C=O) groups is 1. The summed E-state index contributed by atoms with van der Waals surface area (Å²) in [6.45, 7) is 2.62. The summed E-state index contributed by atoms with van der Waals surface area (Å²) in [5.41, 5.74) is 0.642. The molecule has 1 aromatic carbocycles. The first-order chi connectivity index (χ1) is 10.8. The lowest BCUT2D eigenvalue weighted by Gasteiger charge is -2.33. The Balaban J connectivity index is 2.04. The summed E-state index contributed by atoms with van der Waals surface area (Å²) in [5, 5.41) is 0. The van der Waals surface area contributed by atoms with Gasteiger partial charge in [-0.2, -0.15) is 4.31 Å². The summed E-state index contributed by atoms with van der Waals surface area (Å²) in [5.74, 6) is -0.584. The Morgan fingerprint density at radius 1 is 1.17 bits per heavy atom. The van der Waals surface area contributed by atoms with Gasteiger partial charge in [0.05, 0.1) is 12.8 Å². The zero-order valence-corrected chi connectivity index (χ0v) is 14.2. The lowest BCUT2D eigenvalue weighted by atomic mass is 10.2. The van der Waals surface area contributed by atoms with Crippen molar-refractivity contribution in [3.63, 3.8) is 0 Å². The normalized spacial score (nSPS) is 16.8. The minimum Gasteiger partial charge on any atom is -0.339 e. The Hall–Kier alpha value is -1.51. The van der Waals surface area contributed by atoms with E-state index in [1.807, 2.05) is 7.05 Å². The van der Waals surface area contributed by atoms with Crippen LogP contribution in [0, 0.1) is 5.82 Å². The van der Waals surface area contributed by atoms with Crippen LogP contribution < -0.4 is 0 Å². The summed E-state index contributed by atoms with van der Waals surface area (Å²) in [6, 6.07) is 5.60. The number of hydrogen-bond acceptors (Lipinski definition) is 4. The van der Waals surface area contributed by atoms with Crippen LogP contribution in [0.3, 0.4) is 0 Å². The molecule has 128 valence electrons. The number of carbonyl (C=O) groups excluding carboxylic acids is 1. The molecule has 0 aromatic heterocycles. The van der Waals surface area contributed by atoms with Crippen molar-refractivity contribution in [3.05, 3.63) is 35.6 Å². The number of nitrogens with zero attached hydrogens (tertiary/aromatic N) is 3. The number of amides is 1. The summed E-state index contributed by atoms with van der Waals surface area (Å²) < 4.78 is 38.0. The summed E-state index contributed by atoms with van der Waals surface area (Å²) >= 11 is 0. The van der Waals surface area contributed by atoms with Gasteiger partial charge in [-0.25, -0.2) is 12.8 Å². The zero-order valence-electron chi connectivity index (χ0n) is 13.4. The van der Waals surface area contributed by atoms with E-state index in [4.69, 9.17) is 0 Å². The molecule has 1 saturated heterocycles. The minimum absolute atomic E-state index is 0.0542. The highest BCUT2D eigenvalue weighted by Crippen LogP contribution is 2.11. The second-order valence-electron chi connectivity index (χ2n) is 5.84. The molecule has 8 heteroatoms. The van der Waals surface area contributed by atoms with Gasteiger partial charge in [-0.05, 0) is 24.7 Å². The Bertz CT molecular complexity index is 640. The van der Waals surface area contributed by atoms with E-state index >= 15 is 0 Å². The summed E-state index contributed by atoms with van der Waals surface area (Å²) in [6.07, 6.45) is 1.08. The molecule has 23 heavy (non-hydrogen) atoms. The van der Waals surface area contributed by atoms with Crippen LogP contribution in [0.1, 0.15) is 5.56 Å². The van der Waals surface area contributed by atoms with Gasteiger partial charge in [0.25, 0.3) is 0 Å². The smallest absolute Gasteiger partial charge is 0.237 e. The maximum atomic E-state index is 12.9. The van der Waals surface area contributed by atoms with E-state index in [1.54, 1.807) is 4.90 Å². The van der Waals surface area contributed by atoms with Gasteiger partial charge in [0, 0.05) is 32.7 Å². The van der Waals surface area contributed by atoms with E-state index in [0.29, 0.717) is 18.7 Å². The number of rotatable bonds is 5. The van der Waals surface area contributed by atoms with Crippen molar-refractivity contribution in [2.24, 2.45) is 0 Å². The quantitative estimate of drug-likeness (QED) is 0.775. The molecule has 0 aliphatic carbocycles. The van der Waals surface area contributed by atoms with E-state index in [1.165, 1.54) is 24.3 Å². The fraction of sp³-hybridized carbons (Fsp3) is 0.533. The Labute approximate surface area is 136 Å². The molecule has 0 radical (unpaired) electrons. The third-order valence-corrected chi connectivity index (χ3v) is 5.11. The second kappa shape index (κ2) is 7.37. The van der Waals surface area contributed by atoms with Crippen molar-refractivity contribution in [2.75, 3.05) is 46.0 Å². The van der Waals surface area contributed by atoms with Crippen LogP contribution in [0.25, 0.3) is 0 Å². The lowest BCUT2D eigenvalue weighted by Crippen LogP contribution is -2.50. The molecule has 0 spiro atoms. The van der Waals surface area contributed by atoms with Crippen LogP contribution in [0.4, 0.5) is 4.39 Å². The highest BCUT2D eigenvalue weighted by molar-refractivity contribution is 7.88. The molecule has 0 unspecified atom stereocenters. The van der Waals surface area contributed by atoms with Gasteiger partial charge in [-0.3, -0.25) is 4.79 Å². The van der Waals surface area contributed by atoms with Crippen LogP contribution >= 0.6 is 0 Å². The van der Waals surface area contributed by atoms with Crippen molar-refractivity contribution in [1.82, 2.24) is 14.1 Å². The van der Waals surface area contributed by atoms with E-state index in [2.05, 4.69) is 4.90 Å². The largest absolute Gasteiger partial charge is 0.339 e. The molecule has 0 bridgehead atoms. The van der Waals surface area contributed by atoms with Crippen molar-refractivity contribution in [1.29, 1.82) is 0 Å². The monoisotopic (exact) mass is 343 g/mol. The summed E-state index contributed by atoms with van der Waals surface area (Å²) in [7, 11) is -1.55. The van der Waals surface area contributed by atoms with Crippen LogP contribution in [0.5, 0.6) is 0 Å². The number of piperazine rings is 1. The van der Waals surface area contributed by atoms with E-state index in [-0.39, 0.29) is 24.8 Å². The summed E-state index contributed by atoms with van der Waals surface area (Å²) in [4.78, 5) is 16.2. The topological polar surface area (TPSA) is 60.9 Å². The first kappa shape index (κ1) is 17.8. The predicted molar refractivity (Wildman–Crippen MR) is 85.7 cm³/mol. The van der Waals surface area contributed by atoms with Gasteiger partial charge >= 0.3 is 0 Å². The first-order valence-corrected chi connectivity index (χ1v) is 9.26. The van der Waals surface area contributed by atoms with E-state index < -0.39 is 10.0 Å². The molecular weight excluding hydrogens is 321 g/mol. The first-order valence-electron chi connectivity index (χ1n) is 7.41. The van der Waals surface area contributed by atoms with Crippen molar-refractivity contribution in [2.45, 2.75) is 6.54 Å². The fourth-order valence-corrected chi connectivity index (χ4v) is 3.12. The standard InChI is InChI=1S/C15H22FN3O3S/c1-17-7-9-18(10-8-17)15(20)12-19(23(2,21)22)11-13-3-5-14(16)6-4-13/h3-6H,7-12H2,1-2H3. The van der Waals surface area contributed by atoms with E-state index in [9.17, 15) is 17.6 Å². The third kappa shape index (κ3) is 5.26. The van der Waals surface area contributed by atoms with Crippen molar-refractivity contribution >= 4 is 15.9 Å². The fourth-order valence-electron chi connectivity index (χ4n) is 2.39. The molecule has 1 fully saturated rings. The molecule has 1 aliphatic rings. The average Bonchev–Trinajstić information content (AvgIpc) is 2.48. The predicted octanol–water partition coefficient (Wildman–Crippen LogP) is 0.361. The van der Waals surface area contributed by atoms with Gasteiger partial charge in [-0.15, -0.1) is 0 Å². The maximum Gasteiger partial charge on any atom is 0.237 e. The van der Waals surface area contributed by atoms with Gasteiger partial charge in [0.15, 0.2) is 0 Å². The van der Waals surface area contributed by atoms with Crippen LogP contribution in [0.15, 0.2) is 24.3 Å². The molecule has 0 N–H and O–H groups in total. The zero-order chi connectivity index (χ0) is 17.0. The molecule has 2 rings (SSSR count). The average molecular weight is 343 g/mol. The Kier molecular flexibility index (Phi) is 5.72. The van der Waals surface area contributed by atoms with Crippen LogP contribution in [-0.4, -0.2) is 74.5 Å². The SMILES string of the molecule is CN1CCN(C(=O)CN(Cc2ccc(F)cc2)S(C)(=O)=O)CC1. The van der Waals surface area contributed by atoms with Crippen molar-refractivity contribution < 1.29 is 17.6 Å². The number of hydrogen-bond donors (Lipinski definition) is 0. The molecule has 1 heterocycles. The highest BCUT2D eigenvalue weighted by atomic mass is 32.2. The van der Waals surface area contributed by atoms with E-state index in [0.717, 1.165) is 23.7 Å². The highest BCUT2D eigenvalue weighted by Gasteiger charge is 2.25. The van der Waals surface area contributed by atoms with Crippen LogP contribution in [0.2, 0.25) is 0 Å². The molecule has 0 atom stereocenters. The molecule has 0 saturated carbocycles. The van der Waals surface area contributed by atoms with Crippen LogP contribution in [-0.2, 0) is 21.4 Å². The molecular formula is C15H22FN3O3S. The van der Waals surface area contributed by atoms with Gasteiger partial charge in [0.2, 0.25) is 15.9 Å². The Morgan fingerprint density at radius 3 is 2.26 bits per heavy atom. The number of sulfonamides is 1. The lowest BCUT2D eigenvalue weighted by molar-refractivity contribution is -0.133.